The molecule has 1 aromatic heterocycles. The van der Waals surface area contributed by atoms with Gasteiger partial charge in [-0.25, -0.2) is 4.98 Å². The average molecular weight is 360 g/mol. The second-order valence-electron chi connectivity index (χ2n) is 6.76. The van der Waals surface area contributed by atoms with Gasteiger partial charge in [0, 0.05) is 12.0 Å². The molecule has 1 amide bonds. The van der Waals surface area contributed by atoms with Crippen molar-refractivity contribution in [1.82, 2.24) is 10.3 Å². The van der Waals surface area contributed by atoms with Crippen LogP contribution in [-0.2, 0) is 26.3 Å². The van der Waals surface area contributed by atoms with Crippen molar-refractivity contribution in [2.45, 2.75) is 44.4 Å². The molecule has 1 aliphatic rings. The van der Waals surface area contributed by atoms with Crippen LogP contribution in [0.3, 0.4) is 0 Å². The van der Waals surface area contributed by atoms with E-state index >= 15 is 0 Å². The highest BCUT2D eigenvalue weighted by Crippen LogP contribution is 2.24. The van der Waals surface area contributed by atoms with Crippen LogP contribution in [0, 0.1) is 0 Å². The number of thiazole rings is 1. The maximum absolute atomic E-state index is 12.9. The Morgan fingerprint density at radius 2 is 2.20 bits per heavy atom. The van der Waals surface area contributed by atoms with Crippen molar-refractivity contribution < 1.29 is 14.3 Å². The van der Waals surface area contributed by atoms with Crippen LogP contribution in [0.1, 0.15) is 31.5 Å². The van der Waals surface area contributed by atoms with Gasteiger partial charge in [0.2, 0.25) is 5.91 Å². The summed E-state index contributed by atoms with van der Waals surface area (Å²) in [6.45, 7) is 5.45. The summed E-state index contributed by atoms with van der Waals surface area (Å²) in [6.07, 6.45) is 0.587. The zero-order valence-electron chi connectivity index (χ0n) is 14.6. The lowest BCUT2D eigenvalue weighted by Crippen LogP contribution is -2.53. The Balaban J connectivity index is 1.63. The number of carbonyl (C=O) groups excluding carboxylic acids is 1. The van der Waals surface area contributed by atoms with Gasteiger partial charge in [-0.05, 0) is 25.8 Å². The first-order valence-electron chi connectivity index (χ1n) is 8.50. The number of hydrogen-bond donors (Lipinski definition) is 1. The van der Waals surface area contributed by atoms with Crippen molar-refractivity contribution in [1.29, 1.82) is 0 Å². The van der Waals surface area contributed by atoms with Gasteiger partial charge in [-0.3, -0.25) is 4.79 Å². The van der Waals surface area contributed by atoms with Crippen LogP contribution in [-0.4, -0.2) is 36.3 Å². The Kier molecular flexibility index (Phi) is 5.83. The highest BCUT2D eigenvalue weighted by Gasteiger charge is 2.34. The lowest BCUT2D eigenvalue weighted by atomic mass is 9.83. The predicted molar refractivity (Wildman–Crippen MR) is 97.5 cm³/mol. The van der Waals surface area contributed by atoms with Crippen LogP contribution < -0.4 is 5.32 Å². The van der Waals surface area contributed by atoms with Crippen LogP contribution in [0.4, 0.5) is 0 Å². The summed E-state index contributed by atoms with van der Waals surface area (Å²) in [5.41, 5.74) is 3.10. The Bertz CT molecular complexity index is 673. The van der Waals surface area contributed by atoms with E-state index in [9.17, 15) is 4.79 Å². The number of rotatable bonds is 6. The van der Waals surface area contributed by atoms with E-state index in [1.807, 2.05) is 49.6 Å². The summed E-state index contributed by atoms with van der Waals surface area (Å²) >= 11 is 1.55. The molecule has 0 bridgehead atoms. The van der Waals surface area contributed by atoms with Crippen molar-refractivity contribution in [3.05, 3.63) is 52.5 Å². The van der Waals surface area contributed by atoms with E-state index in [1.165, 1.54) is 0 Å². The van der Waals surface area contributed by atoms with Crippen LogP contribution in [0.15, 0.2) is 41.2 Å². The van der Waals surface area contributed by atoms with Crippen molar-refractivity contribution in [3.8, 4) is 0 Å². The molecule has 1 aliphatic heterocycles. The maximum atomic E-state index is 12.9. The van der Waals surface area contributed by atoms with Crippen LogP contribution in [0.25, 0.3) is 0 Å². The molecular formula is C19H24N2O3S. The Labute approximate surface area is 152 Å². The molecule has 3 rings (SSSR count). The molecule has 2 aromatic rings. The molecule has 1 aromatic carbocycles. The molecule has 1 N–H and O–H groups in total. The number of benzene rings is 1. The average Bonchev–Trinajstić information content (AvgIpc) is 3.15. The van der Waals surface area contributed by atoms with Gasteiger partial charge in [0.15, 0.2) is 0 Å². The Morgan fingerprint density at radius 3 is 2.92 bits per heavy atom. The number of amides is 1. The third kappa shape index (κ3) is 4.45. The number of hydrogen-bond acceptors (Lipinski definition) is 5. The van der Waals surface area contributed by atoms with Crippen molar-refractivity contribution in [2.75, 3.05) is 13.2 Å². The molecule has 0 spiro atoms. The minimum Gasteiger partial charge on any atom is -0.379 e. The third-order valence-corrected chi connectivity index (χ3v) is 5.25. The van der Waals surface area contributed by atoms with Crippen molar-refractivity contribution in [2.24, 2.45) is 0 Å². The summed E-state index contributed by atoms with van der Waals surface area (Å²) in [5, 5.41) is 5.14. The van der Waals surface area contributed by atoms with E-state index in [2.05, 4.69) is 10.3 Å². The minimum absolute atomic E-state index is 0.00728. The second-order valence-corrected chi connectivity index (χ2v) is 7.48. The smallest absolute Gasteiger partial charge is 0.230 e. The van der Waals surface area contributed by atoms with Gasteiger partial charge in [-0.15, -0.1) is 11.3 Å². The summed E-state index contributed by atoms with van der Waals surface area (Å²) in [7, 11) is 0. The molecule has 0 radical (unpaired) electrons. The fraction of sp³-hybridized carbons (Fsp3) is 0.474. The highest BCUT2D eigenvalue weighted by molar-refractivity contribution is 7.07. The standard InChI is InChI=1S/C19H24N2O3S/c1-19(2,14-6-4-3-5-7-14)18(22)21-16-8-9-23-11-17(16)24-10-15-12-25-13-20-15/h3-7,12-13,16-17H,8-11H2,1-2H3,(H,21,22)/t16-,17-/m1/s1. The van der Waals surface area contributed by atoms with E-state index < -0.39 is 5.41 Å². The number of ether oxygens (including phenoxy) is 2. The molecule has 0 aliphatic carbocycles. The second kappa shape index (κ2) is 8.08. The normalized spacial score (nSPS) is 21.0. The van der Waals surface area contributed by atoms with E-state index in [0.29, 0.717) is 19.8 Å². The molecule has 134 valence electrons. The first-order chi connectivity index (χ1) is 12.1. The monoisotopic (exact) mass is 360 g/mol. The van der Waals surface area contributed by atoms with Gasteiger partial charge in [-0.2, -0.15) is 0 Å². The lowest BCUT2D eigenvalue weighted by Gasteiger charge is -2.34. The van der Waals surface area contributed by atoms with Gasteiger partial charge in [0.05, 0.1) is 35.9 Å². The number of aromatic nitrogens is 1. The largest absolute Gasteiger partial charge is 0.379 e. The molecule has 25 heavy (non-hydrogen) atoms. The molecular weight excluding hydrogens is 336 g/mol. The van der Waals surface area contributed by atoms with Gasteiger partial charge in [0.1, 0.15) is 6.10 Å². The quantitative estimate of drug-likeness (QED) is 0.860. The van der Waals surface area contributed by atoms with Gasteiger partial charge in [-0.1, -0.05) is 30.3 Å². The van der Waals surface area contributed by atoms with Gasteiger partial charge >= 0.3 is 0 Å². The molecule has 2 heterocycles. The molecule has 2 atom stereocenters. The number of nitrogens with zero attached hydrogens (tertiary/aromatic N) is 1. The first kappa shape index (κ1) is 18.0. The highest BCUT2D eigenvalue weighted by atomic mass is 32.1. The van der Waals surface area contributed by atoms with Gasteiger partial charge in [0.25, 0.3) is 0 Å². The van der Waals surface area contributed by atoms with E-state index in [0.717, 1.165) is 17.7 Å². The first-order valence-corrected chi connectivity index (χ1v) is 9.44. The summed E-state index contributed by atoms with van der Waals surface area (Å²) in [5.74, 6) is 0.00728. The van der Waals surface area contributed by atoms with Gasteiger partial charge < -0.3 is 14.8 Å². The molecule has 1 fully saturated rings. The maximum Gasteiger partial charge on any atom is 0.230 e. The van der Waals surface area contributed by atoms with Crippen LogP contribution in [0.2, 0.25) is 0 Å². The number of nitrogens with one attached hydrogen (secondary N) is 1. The molecule has 6 heteroatoms. The fourth-order valence-corrected chi connectivity index (χ4v) is 3.42. The molecule has 0 saturated carbocycles. The fourth-order valence-electron chi connectivity index (χ4n) is 2.88. The summed E-state index contributed by atoms with van der Waals surface area (Å²) < 4.78 is 11.5. The Morgan fingerprint density at radius 1 is 1.40 bits per heavy atom. The van der Waals surface area contributed by atoms with Crippen molar-refractivity contribution in [3.63, 3.8) is 0 Å². The van der Waals surface area contributed by atoms with E-state index in [4.69, 9.17) is 9.47 Å². The van der Waals surface area contributed by atoms with Crippen molar-refractivity contribution >= 4 is 17.2 Å². The molecule has 1 saturated heterocycles. The Hall–Kier alpha value is -1.76. The molecule has 5 nitrogen and oxygen atoms in total. The van der Waals surface area contributed by atoms with Crippen LogP contribution in [0.5, 0.6) is 0 Å². The van der Waals surface area contributed by atoms with E-state index in [1.54, 1.807) is 16.8 Å². The number of carbonyl (C=O) groups is 1. The van der Waals surface area contributed by atoms with Crippen LogP contribution >= 0.6 is 11.3 Å². The molecule has 0 unspecified atom stereocenters. The predicted octanol–water partition coefficient (Wildman–Crippen LogP) is 2.91. The lowest BCUT2D eigenvalue weighted by molar-refractivity contribution is -0.131. The topological polar surface area (TPSA) is 60.5 Å². The zero-order valence-corrected chi connectivity index (χ0v) is 15.4. The SMILES string of the molecule is CC(C)(C(=O)N[C@@H]1CCOC[C@H]1OCc1cscn1)c1ccccc1. The zero-order chi connectivity index (χ0) is 17.7. The van der Waals surface area contributed by atoms with E-state index in [-0.39, 0.29) is 18.1 Å². The summed E-state index contributed by atoms with van der Waals surface area (Å²) in [6, 6.07) is 9.79. The summed E-state index contributed by atoms with van der Waals surface area (Å²) in [4.78, 5) is 17.1. The minimum atomic E-state index is -0.598. The third-order valence-electron chi connectivity index (χ3n) is 4.61.